The minimum Gasteiger partial charge on any atom is -0.390 e. The van der Waals surface area contributed by atoms with Gasteiger partial charge in [-0.15, -0.1) is 0 Å². The van der Waals surface area contributed by atoms with Gasteiger partial charge in [-0.25, -0.2) is 8.42 Å². The Balaban J connectivity index is 2.26. The van der Waals surface area contributed by atoms with Gasteiger partial charge in [0.05, 0.1) is 18.3 Å². The summed E-state index contributed by atoms with van der Waals surface area (Å²) in [5.74, 6) is 0. The van der Waals surface area contributed by atoms with Gasteiger partial charge in [0.2, 0.25) is 10.0 Å². The molecule has 1 aromatic heterocycles. The second-order valence-corrected chi connectivity index (χ2v) is 6.16. The highest BCUT2D eigenvalue weighted by molar-refractivity contribution is 7.89. The number of nitrogens with zero attached hydrogens (tertiary/aromatic N) is 3. The number of hydrogen-bond donors (Lipinski definition) is 2. The van der Waals surface area contributed by atoms with Crippen LogP contribution >= 0.6 is 0 Å². The van der Waals surface area contributed by atoms with Crippen LogP contribution in [0.1, 0.15) is 0 Å². The van der Waals surface area contributed by atoms with Gasteiger partial charge in [-0.2, -0.15) is 9.40 Å². The Kier molecular flexibility index (Phi) is 3.21. The molecule has 2 atom stereocenters. The number of sulfonamides is 1. The van der Waals surface area contributed by atoms with E-state index >= 15 is 0 Å². The Labute approximate surface area is 100 Å². The molecule has 1 saturated heterocycles. The summed E-state index contributed by atoms with van der Waals surface area (Å²) in [7, 11) is -0.451. The quantitative estimate of drug-likeness (QED) is 0.681. The van der Waals surface area contributed by atoms with Crippen LogP contribution in [0.15, 0.2) is 17.3 Å². The van der Waals surface area contributed by atoms with E-state index in [1.54, 1.807) is 7.05 Å². The molecule has 0 radical (unpaired) electrons. The smallest absolute Gasteiger partial charge is 0.246 e. The van der Waals surface area contributed by atoms with Gasteiger partial charge >= 0.3 is 0 Å². The van der Waals surface area contributed by atoms with Gasteiger partial charge in [0.15, 0.2) is 0 Å². The number of β-amino-alcohol motifs (C(OH)–C–C–N with tert-alkyl or cyclic N) is 1. The molecule has 0 saturated carbocycles. The Morgan fingerprint density at radius 3 is 2.76 bits per heavy atom. The summed E-state index contributed by atoms with van der Waals surface area (Å²) < 4.78 is 27.1. The van der Waals surface area contributed by atoms with Crippen molar-refractivity contribution in [3.8, 4) is 0 Å². The van der Waals surface area contributed by atoms with Crippen molar-refractivity contribution in [2.45, 2.75) is 17.0 Å². The van der Waals surface area contributed by atoms with Crippen molar-refractivity contribution in [2.24, 2.45) is 7.05 Å². The van der Waals surface area contributed by atoms with E-state index in [2.05, 4.69) is 10.4 Å². The molecular weight excluding hydrogens is 244 g/mol. The highest BCUT2D eigenvalue weighted by Gasteiger charge is 2.36. The van der Waals surface area contributed by atoms with E-state index in [9.17, 15) is 13.5 Å². The molecule has 1 aromatic rings. The SMILES string of the molecule is CN([C@H]1CNC[C@@H]1O)S(=O)(=O)c1cnn(C)c1. The highest BCUT2D eigenvalue weighted by atomic mass is 32.2. The standard InChI is InChI=1S/C9H16N4O3S/c1-12-6-7(3-11-12)17(15,16)13(2)8-4-10-5-9(8)14/h3,6,8-10,14H,4-5H2,1-2H3/t8-,9-/m0/s1. The lowest BCUT2D eigenvalue weighted by molar-refractivity contribution is 0.136. The fourth-order valence-corrected chi connectivity index (χ4v) is 3.27. The largest absolute Gasteiger partial charge is 0.390 e. The second-order valence-electron chi connectivity index (χ2n) is 4.16. The third-order valence-corrected chi connectivity index (χ3v) is 4.81. The number of hydrogen-bond acceptors (Lipinski definition) is 5. The van der Waals surface area contributed by atoms with Crippen LogP contribution in [-0.4, -0.2) is 59.9 Å². The first-order valence-electron chi connectivity index (χ1n) is 5.28. The fourth-order valence-electron chi connectivity index (χ4n) is 1.90. The number of aliphatic hydroxyl groups is 1. The third-order valence-electron chi connectivity index (χ3n) is 2.98. The molecule has 0 aromatic carbocycles. The summed E-state index contributed by atoms with van der Waals surface area (Å²) in [5.41, 5.74) is 0. The predicted molar refractivity (Wildman–Crippen MR) is 60.8 cm³/mol. The average molecular weight is 260 g/mol. The third kappa shape index (κ3) is 2.21. The molecule has 17 heavy (non-hydrogen) atoms. The lowest BCUT2D eigenvalue weighted by Gasteiger charge is -2.24. The number of aliphatic hydroxyl groups excluding tert-OH is 1. The summed E-state index contributed by atoms with van der Waals surface area (Å²) in [6, 6.07) is -0.430. The molecule has 1 aliphatic rings. The first-order valence-corrected chi connectivity index (χ1v) is 6.72. The minimum atomic E-state index is -3.58. The molecule has 0 bridgehead atoms. The molecule has 0 unspecified atom stereocenters. The Hall–Kier alpha value is -0.960. The van der Waals surface area contributed by atoms with Gasteiger partial charge < -0.3 is 10.4 Å². The molecule has 0 amide bonds. The molecule has 1 fully saturated rings. The van der Waals surface area contributed by atoms with Crippen molar-refractivity contribution >= 4 is 10.0 Å². The van der Waals surface area contributed by atoms with Gasteiger partial charge in [0.25, 0.3) is 0 Å². The number of likely N-dealkylation sites (N-methyl/N-ethyl adjacent to an activating group) is 1. The molecule has 0 aliphatic carbocycles. The zero-order valence-electron chi connectivity index (χ0n) is 9.74. The van der Waals surface area contributed by atoms with E-state index < -0.39 is 22.2 Å². The van der Waals surface area contributed by atoms with E-state index in [1.165, 1.54) is 28.4 Å². The molecule has 2 heterocycles. The van der Waals surface area contributed by atoms with E-state index in [0.717, 1.165) is 0 Å². The monoisotopic (exact) mass is 260 g/mol. The summed E-state index contributed by atoms with van der Waals surface area (Å²) in [5, 5.41) is 16.5. The lowest BCUT2D eigenvalue weighted by Crippen LogP contribution is -2.44. The molecule has 1 aliphatic heterocycles. The molecule has 2 rings (SSSR count). The van der Waals surface area contributed by atoms with E-state index in [-0.39, 0.29) is 4.90 Å². The predicted octanol–water partition coefficient (Wildman–Crippen LogP) is -1.63. The normalized spacial score (nSPS) is 25.6. The van der Waals surface area contributed by atoms with Crippen molar-refractivity contribution < 1.29 is 13.5 Å². The van der Waals surface area contributed by atoms with Crippen molar-refractivity contribution in [2.75, 3.05) is 20.1 Å². The lowest BCUT2D eigenvalue weighted by atomic mass is 10.2. The van der Waals surface area contributed by atoms with Crippen LogP contribution in [0.25, 0.3) is 0 Å². The van der Waals surface area contributed by atoms with Crippen molar-refractivity contribution in [1.82, 2.24) is 19.4 Å². The summed E-state index contributed by atoms with van der Waals surface area (Å²) in [6.07, 6.45) is 2.08. The number of nitrogens with one attached hydrogen (secondary N) is 1. The Bertz CT molecular complexity index is 498. The van der Waals surface area contributed by atoms with Crippen molar-refractivity contribution in [3.63, 3.8) is 0 Å². The van der Waals surface area contributed by atoms with Gasteiger partial charge in [0.1, 0.15) is 4.90 Å². The van der Waals surface area contributed by atoms with Crippen LogP contribution in [0.4, 0.5) is 0 Å². The maximum Gasteiger partial charge on any atom is 0.246 e. The Morgan fingerprint density at radius 1 is 1.59 bits per heavy atom. The maximum atomic E-state index is 12.2. The van der Waals surface area contributed by atoms with Crippen molar-refractivity contribution in [1.29, 1.82) is 0 Å². The number of aromatic nitrogens is 2. The van der Waals surface area contributed by atoms with Crippen LogP contribution in [-0.2, 0) is 17.1 Å². The van der Waals surface area contributed by atoms with Crippen LogP contribution in [0.5, 0.6) is 0 Å². The minimum absolute atomic E-state index is 0.140. The molecule has 8 heteroatoms. The van der Waals surface area contributed by atoms with Crippen LogP contribution in [0.3, 0.4) is 0 Å². The van der Waals surface area contributed by atoms with Gasteiger partial charge in [-0.05, 0) is 0 Å². The Morgan fingerprint density at radius 2 is 2.29 bits per heavy atom. The molecule has 0 spiro atoms. The first-order chi connectivity index (χ1) is 7.93. The molecule has 2 N–H and O–H groups in total. The maximum absolute atomic E-state index is 12.2. The summed E-state index contributed by atoms with van der Waals surface area (Å²) >= 11 is 0. The van der Waals surface area contributed by atoms with Gasteiger partial charge in [-0.1, -0.05) is 0 Å². The van der Waals surface area contributed by atoms with E-state index in [4.69, 9.17) is 0 Å². The molecule has 96 valence electrons. The highest BCUT2D eigenvalue weighted by Crippen LogP contribution is 2.18. The summed E-state index contributed by atoms with van der Waals surface area (Å²) in [4.78, 5) is 0.140. The van der Waals surface area contributed by atoms with Gasteiger partial charge in [-0.3, -0.25) is 4.68 Å². The average Bonchev–Trinajstić information content (AvgIpc) is 2.86. The zero-order valence-corrected chi connectivity index (χ0v) is 10.6. The zero-order chi connectivity index (χ0) is 12.6. The second kappa shape index (κ2) is 4.37. The number of aryl methyl sites for hydroxylation is 1. The van der Waals surface area contributed by atoms with Gasteiger partial charge in [0, 0.05) is 33.4 Å². The van der Waals surface area contributed by atoms with Crippen LogP contribution in [0, 0.1) is 0 Å². The summed E-state index contributed by atoms with van der Waals surface area (Å²) in [6.45, 7) is 0.870. The molecule has 7 nitrogen and oxygen atoms in total. The van der Waals surface area contributed by atoms with Crippen molar-refractivity contribution in [3.05, 3.63) is 12.4 Å². The molecular formula is C9H16N4O3S. The first kappa shape index (κ1) is 12.5. The van der Waals surface area contributed by atoms with E-state index in [1.807, 2.05) is 0 Å². The fraction of sp³-hybridized carbons (Fsp3) is 0.667. The number of rotatable bonds is 3. The van der Waals surface area contributed by atoms with Crippen LogP contribution in [0.2, 0.25) is 0 Å². The van der Waals surface area contributed by atoms with Crippen LogP contribution < -0.4 is 5.32 Å². The topological polar surface area (TPSA) is 87.5 Å². The van der Waals surface area contributed by atoms with E-state index in [0.29, 0.717) is 13.1 Å².